The number of aryl methyl sites for hydroxylation is 1. The molecule has 0 radical (unpaired) electrons. The molecule has 0 saturated carbocycles. The topological polar surface area (TPSA) is 49.4 Å². The molecule has 24 heavy (non-hydrogen) atoms. The smallest absolute Gasteiger partial charge is 0.242 e. The average Bonchev–Trinajstić information content (AvgIpc) is 2.60. The van der Waals surface area contributed by atoms with Crippen LogP contribution in [-0.4, -0.2) is 29.8 Å². The molecule has 1 N–H and O–H groups in total. The van der Waals surface area contributed by atoms with E-state index < -0.39 is 6.04 Å². The average molecular weight is 324 g/mol. The summed E-state index contributed by atoms with van der Waals surface area (Å²) in [6.45, 7) is 4.20. The number of hydrogen-bond acceptors (Lipinski definition) is 2. The molecule has 0 aliphatic carbocycles. The van der Waals surface area contributed by atoms with Gasteiger partial charge in [0.1, 0.15) is 6.04 Å². The Hall–Kier alpha value is -2.62. The minimum absolute atomic E-state index is 0.0575. The van der Waals surface area contributed by atoms with Crippen molar-refractivity contribution in [2.24, 2.45) is 0 Å². The summed E-state index contributed by atoms with van der Waals surface area (Å²) in [6, 6.07) is 17.1. The van der Waals surface area contributed by atoms with Crippen LogP contribution in [-0.2, 0) is 22.6 Å². The normalized spacial score (nSPS) is 11.6. The van der Waals surface area contributed by atoms with Gasteiger partial charge in [-0.15, -0.1) is 0 Å². The van der Waals surface area contributed by atoms with Crippen LogP contribution >= 0.6 is 0 Å². The van der Waals surface area contributed by atoms with Gasteiger partial charge in [-0.05, 0) is 25.0 Å². The molecule has 0 bridgehead atoms. The van der Waals surface area contributed by atoms with Gasteiger partial charge in [-0.1, -0.05) is 60.2 Å². The molecule has 4 nitrogen and oxygen atoms in total. The van der Waals surface area contributed by atoms with Crippen molar-refractivity contribution < 1.29 is 9.59 Å². The molecule has 0 aliphatic rings. The lowest BCUT2D eigenvalue weighted by molar-refractivity contribution is -0.139. The fraction of sp³-hybridized carbons (Fsp3) is 0.300. The van der Waals surface area contributed by atoms with Gasteiger partial charge in [-0.25, -0.2) is 0 Å². The van der Waals surface area contributed by atoms with Crippen molar-refractivity contribution in [1.82, 2.24) is 10.2 Å². The molecule has 0 aromatic heterocycles. The fourth-order valence-corrected chi connectivity index (χ4v) is 2.55. The van der Waals surface area contributed by atoms with E-state index in [1.807, 2.05) is 61.5 Å². The Morgan fingerprint density at radius 1 is 1.00 bits per heavy atom. The summed E-state index contributed by atoms with van der Waals surface area (Å²) in [4.78, 5) is 26.5. The highest BCUT2D eigenvalue weighted by Gasteiger charge is 2.25. The molecule has 2 aromatic rings. The van der Waals surface area contributed by atoms with Crippen molar-refractivity contribution in [3.05, 3.63) is 71.3 Å². The maximum atomic E-state index is 12.8. The van der Waals surface area contributed by atoms with Crippen molar-refractivity contribution in [3.63, 3.8) is 0 Å². The van der Waals surface area contributed by atoms with Gasteiger partial charge in [0, 0.05) is 13.6 Å². The van der Waals surface area contributed by atoms with Crippen LogP contribution in [0.1, 0.15) is 23.6 Å². The first-order valence-electron chi connectivity index (χ1n) is 8.12. The quantitative estimate of drug-likeness (QED) is 0.888. The van der Waals surface area contributed by atoms with Crippen molar-refractivity contribution in [3.8, 4) is 0 Å². The molecule has 0 spiro atoms. The van der Waals surface area contributed by atoms with Gasteiger partial charge < -0.3 is 10.2 Å². The molecule has 0 aliphatic heterocycles. The first kappa shape index (κ1) is 17.7. The van der Waals surface area contributed by atoms with Gasteiger partial charge in [0.25, 0.3) is 0 Å². The second kappa shape index (κ2) is 8.29. The van der Waals surface area contributed by atoms with Gasteiger partial charge in [0.05, 0.1) is 6.42 Å². The molecule has 2 aromatic carbocycles. The second-order valence-electron chi connectivity index (χ2n) is 5.96. The minimum atomic E-state index is -0.521. The molecule has 0 fully saturated rings. The molecule has 2 rings (SSSR count). The predicted octanol–water partition coefficient (Wildman–Crippen LogP) is 2.70. The van der Waals surface area contributed by atoms with Crippen LogP contribution in [0.5, 0.6) is 0 Å². The highest BCUT2D eigenvalue weighted by molar-refractivity contribution is 5.88. The second-order valence-corrected chi connectivity index (χ2v) is 5.96. The maximum Gasteiger partial charge on any atom is 0.242 e. The van der Waals surface area contributed by atoms with Crippen LogP contribution in [0.2, 0.25) is 0 Å². The highest BCUT2D eigenvalue weighted by Crippen LogP contribution is 2.13. The lowest BCUT2D eigenvalue weighted by Gasteiger charge is -2.28. The zero-order chi connectivity index (χ0) is 17.5. The lowest BCUT2D eigenvalue weighted by Crippen LogP contribution is -2.47. The largest absolute Gasteiger partial charge is 0.357 e. The Labute approximate surface area is 143 Å². The lowest BCUT2D eigenvalue weighted by atomic mass is 10.1. The van der Waals surface area contributed by atoms with Crippen LogP contribution < -0.4 is 5.32 Å². The highest BCUT2D eigenvalue weighted by atomic mass is 16.2. The predicted molar refractivity (Wildman–Crippen MR) is 95.4 cm³/mol. The summed E-state index contributed by atoms with van der Waals surface area (Å²) < 4.78 is 0. The standard InChI is InChI=1S/C20H24N2O2/c1-15-9-11-18(12-10-15)14-22(16(2)20(24)21-3)19(23)13-17-7-5-4-6-8-17/h4-12,16H,13-14H2,1-3H3,(H,21,24). The molecule has 2 amide bonds. The third-order valence-electron chi connectivity index (χ3n) is 4.09. The number of nitrogens with zero attached hydrogens (tertiary/aromatic N) is 1. The summed E-state index contributed by atoms with van der Waals surface area (Å²) in [5.41, 5.74) is 3.12. The van der Waals surface area contributed by atoms with Crippen LogP contribution in [0, 0.1) is 6.92 Å². The fourth-order valence-electron chi connectivity index (χ4n) is 2.55. The summed E-state index contributed by atoms with van der Waals surface area (Å²) in [5.74, 6) is -0.221. The molecular weight excluding hydrogens is 300 g/mol. The van der Waals surface area contributed by atoms with E-state index in [1.165, 1.54) is 5.56 Å². The van der Waals surface area contributed by atoms with E-state index in [9.17, 15) is 9.59 Å². The summed E-state index contributed by atoms with van der Waals surface area (Å²) in [7, 11) is 1.59. The summed E-state index contributed by atoms with van der Waals surface area (Å²) in [5, 5.41) is 2.63. The number of likely N-dealkylation sites (N-methyl/N-ethyl adjacent to an activating group) is 1. The summed E-state index contributed by atoms with van der Waals surface area (Å²) in [6.07, 6.45) is 0.286. The van der Waals surface area contributed by atoms with Crippen LogP contribution in [0.25, 0.3) is 0 Å². The minimum Gasteiger partial charge on any atom is -0.357 e. The number of amides is 2. The van der Waals surface area contributed by atoms with E-state index >= 15 is 0 Å². The number of carbonyl (C=O) groups is 2. The van der Waals surface area contributed by atoms with Gasteiger partial charge in [-0.2, -0.15) is 0 Å². The molecule has 0 heterocycles. The van der Waals surface area contributed by atoms with E-state index in [0.29, 0.717) is 6.54 Å². The maximum absolute atomic E-state index is 12.8. The first-order chi connectivity index (χ1) is 11.5. The molecule has 4 heteroatoms. The zero-order valence-corrected chi connectivity index (χ0v) is 14.5. The monoisotopic (exact) mass is 324 g/mol. The molecular formula is C20H24N2O2. The number of carbonyl (C=O) groups excluding carboxylic acids is 2. The van der Waals surface area contributed by atoms with Crippen LogP contribution in [0.3, 0.4) is 0 Å². The Balaban J connectivity index is 2.19. The van der Waals surface area contributed by atoms with Crippen LogP contribution in [0.15, 0.2) is 54.6 Å². The van der Waals surface area contributed by atoms with Gasteiger partial charge in [0.2, 0.25) is 11.8 Å². The van der Waals surface area contributed by atoms with E-state index in [0.717, 1.165) is 11.1 Å². The third-order valence-corrected chi connectivity index (χ3v) is 4.09. The molecule has 1 unspecified atom stereocenters. The molecule has 0 saturated heterocycles. The van der Waals surface area contributed by atoms with E-state index in [-0.39, 0.29) is 18.2 Å². The molecule has 126 valence electrons. The van der Waals surface area contributed by atoms with Gasteiger partial charge in [0.15, 0.2) is 0 Å². The Bertz CT molecular complexity index is 681. The van der Waals surface area contributed by atoms with Crippen molar-refractivity contribution in [2.45, 2.75) is 32.9 Å². The summed E-state index contributed by atoms with van der Waals surface area (Å²) >= 11 is 0. The number of hydrogen-bond donors (Lipinski definition) is 1. The Kier molecular flexibility index (Phi) is 6.13. The van der Waals surface area contributed by atoms with E-state index in [4.69, 9.17) is 0 Å². The van der Waals surface area contributed by atoms with Crippen molar-refractivity contribution in [1.29, 1.82) is 0 Å². The molecule has 1 atom stereocenters. The van der Waals surface area contributed by atoms with Crippen molar-refractivity contribution >= 4 is 11.8 Å². The SMILES string of the molecule is CNC(=O)C(C)N(Cc1ccc(C)cc1)C(=O)Cc1ccccc1. The first-order valence-corrected chi connectivity index (χ1v) is 8.12. The number of benzene rings is 2. The van der Waals surface area contributed by atoms with Crippen LogP contribution in [0.4, 0.5) is 0 Å². The third kappa shape index (κ3) is 4.69. The van der Waals surface area contributed by atoms with Gasteiger partial charge >= 0.3 is 0 Å². The van der Waals surface area contributed by atoms with E-state index in [2.05, 4.69) is 5.32 Å². The number of nitrogens with one attached hydrogen (secondary N) is 1. The van der Waals surface area contributed by atoms with Crippen molar-refractivity contribution in [2.75, 3.05) is 7.05 Å². The zero-order valence-electron chi connectivity index (χ0n) is 14.5. The number of rotatable bonds is 6. The van der Waals surface area contributed by atoms with Gasteiger partial charge in [-0.3, -0.25) is 9.59 Å². The van der Waals surface area contributed by atoms with E-state index in [1.54, 1.807) is 18.9 Å². The Morgan fingerprint density at radius 2 is 1.62 bits per heavy atom. The Morgan fingerprint density at radius 3 is 2.21 bits per heavy atom.